The lowest BCUT2D eigenvalue weighted by atomic mass is 10.3. The number of aromatic nitrogens is 2. The van der Waals surface area contributed by atoms with Crippen LogP contribution in [0.5, 0.6) is 0 Å². The van der Waals surface area contributed by atoms with E-state index in [9.17, 15) is 0 Å². The molecule has 0 saturated carbocycles. The molecular formula is C14H19N3O2. The summed E-state index contributed by atoms with van der Waals surface area (Å²) in [5.41, 5.74) is 2.18. The number of nitrogens with one attached hydrogen (secondary N) is 1. The van der Waals surface area contributed by atoms with Gasteiger partial charge in [-0.3, -0.25) is 0 Å². The first kappa shape index (κ1) is 13.7. The molecule has 0 bridgehead atoms. The molecular weight excluding hydrogens is 242 g/mol. The predicted molar refractivity (Wildman–Crippen MR) is 73.1 cm³/mol. The summed E-state index contributed by atoms with van der Waals surface area (Å²) in [5.74, 6) is 0. The number of methoxy groups -OCH3 is 2. The molecule has 0 atom stereocenters. The summed E-state index contributed by atoms with van der Waals surface area (Å²) < 4.78 is 12.1. The second-order valence-electron chi connectivity index (χ2n) is 4.16. The van der Waals surface area contributed by atoms with Crippen molar-refractivity contribution in [2.75, 3.05) is 20.8 Å². The molecule has 2 aromatic rings. The van der Waals surface area contributed by atoms with E-state index in [-0.39, 0.29) is 6.29 Å². The molecule has 0 aliphatic rings. The molecule has 0 fully saturated rings. The Kier molecular flexibility index (Phi) is 5.09. The summed E-state index contributed by atoms with van der Waals surface area (Å²) >= 11 is 0. The van der Waals surface area contributed by atoms with Crippen molar-refractivity contribution in [2.45, 2.75) is 12.8 Å². The van der Waals surface area contributed by atoms with Crippen molar-refractivity contribution >= 4 is 0 Å². The van der Waals surface area contributed by atoms with Gasteiger partial charge in [0.1, 0.15) is 0 Å². The lowest BCUT2D eigenvalue weighted by Gasteiger charge is -2.13. The number of rotatable bonds is 7. The molecule has 0 aliphatic heterocycles. The number of para-hydroxylation sites is 1. The fourth-order valence-corrected chi connectivity index (χ4v) is 1.77. The topological polar surface area (TPSA) is 48.3 Å². The standard InChI is InChI=1S/C14H19N3O2/c1-18-14(19-2)10-15-8-12-9-16-17(11-12)13-6-4-3-5-7-13/h3-7,9,11,14-15H,8,10H2,1-2H3. The minimum atomic E-state index is -0.218. The number of ether oxygens (including phenoxy) is 2. The maximum Gasteiger partial charge on any atom is 0.169 e. The molecule has 0 saturated heterocycles. The van der Waals surface area contributed by atoms with Crippen LogP contribution in [-0.4, -0.2) is 36.8 Å². The highest BCUT2D eigenvalue weighted by Gasteiger charge is 2.05. The van der Waals surface area contributed by atoms with Gasteiger partial charge in [0.05, 0.1) is 11.9 Å². The van der Waals surface area contributed by atoms with Crippen molar-refractivity contribution in [1.29, 1.82) is 0 Å². The molecule has 2 rings (SSSR count). The van der Waals surface area contributed by atoms with Gasteiger partial charge in [-0.05, 0) is 12.1 Å². The Balaban J connectivity index is 1.88. The summed E-state index contributed by atoms with van der Waals surface area (Å²) in [6.07, 6.45) is 3.65. The van der Waals surface area contributed by atoms with Gasteiger partial charge in [-0.15, -0.1) is 0 Å². The Hall–Kier alpha value is -1.69. The molecule has 19 heavy (non-hydrogen) atoms. The summed E-state index contributed by atoms with van der Waals surface area (Å²) in [7, 11) is 3.26. The van der Waals surface area contributed by atoms with Gasteiger partial charge in [0, 0.05) is 39.1 Å². The van der Waals surface area contributed by atoms with Crippen LogP contribution in [-0.2, 0) is 16.0 Å². The quantitative estimate of drug-likeness (QED) is 0.769. The zero-order valence-corrected chi connectivity index (χ0v) is 11.2. The smallest absolute Gasteiger partial charge is 0.169 e. The average Bonchev–Trinajstić information content (AvgIpc) is 2.93. The molecule has 1 N–H and O–H groups in total. The molecule has 0 aliphatic carbocycles. The molecule has 1 aromatic carbocycles. The summed E-state index contributed by atoms with van der Waals surface area (Å²) in [6.45, 7) is 1.37. The Labute approximate surface area is 113 Å². The van der Waals surface area contributed by atoms with Gasteiger partial charge in [-0.2, -0.15) is 5.10 Å². The second kappa shape index (κ2) is 7.04. The highest BCUT2D eigenvalue weighted by Crippen LogP contribution is 2.07. The lowest BCUT2D eigenvalue weighted by molar-refractivity contribution is -0.0989. The van der Waals surface area contributed by atoms with Gasteiger partial charge in [0.2, 0.25) is 0 Å². The van der Waals surface area contributed by atoms with E-state index in [2.05, 4.69) is 10.4 Å². The van der Waals surface area contributed by atoms with Gasteiger partial charge in [0.15, 0.2) is 6.29 Å². The summed E-state index contributed by atoms with van der Waals surface area (Å²) in [6, 6.07) is 10.0. The van der Waals surface area contributed by atoms with Gasteiger partial charge >= 0.3 is 0 Å². The highest BCUT2D eigenvalue weighted by atomic mass is 16.7. The van der Waals surface area contributed by atoms with Crippen LogP contribution in [0.1, 0.15) is 5.56 Å². The van der Waals surface area contributed by atoms with E-state index in [0.29, 0.717) is 6.54 Å². The molecule has 0 radical (unpaired) electrons. The van der Waals surface area contributed by atoms with Crippen molar-refractivity contribution in [3.63, 3.8) is 0 Å². The summed E-state index contributed by atoms with van der Waals surface area (Å²) in [4.78, 5) is 0. The first-order valence-electron chi connectivity index (χ1n) is 6.18. The zero-order valence-electron chi connectivity index (χ0n) is 11.2. The molecule has 5 heteroatoms. The van der Waals surface area contributed by atoms with Crippen LogP contribution < -0.4 is 5.32 Å². The third-order valence-electron chi connectivity index (χ3n) is 2.82. The predicted octanol–water partition coefficient (Wildman–Crippen LogP) is 1.58. The van der Waals surface area contributed by atoms with Crippen LogP contribution in [0.15, 0.2) is 42.7 Å². The zero-order chi connectivity index (χ0) is 13.5. The van der Waals surface area contributed by atoms with Crippen LogP contribution in [0.2, 0.25) is 0 Å². The van der Waals surface area contributed by atoms with E-state index in [1.165, 1.54) is 0 Å². The fourth-order valence-electron chi connectivity index (χ4n) is 1.77. The minimum Gasteiger partial charge on any atom is -0.355 e. The number of hydrogen-bond donors (Lipinski definition) is 1. The van der Waals surface area contributed by atoms with Gasteiger partial charge in [-0.25, -0.2) is 4.68 Å². The molecule has 102 valence electrons. The Morgan fingerprint density at radius 3 is 2.63 bits per heavy atom. The molecule has 5 nitrogen and oxygen atoms in total. The molecule has 1 aromatic heterocycles. The molecule has 0 amide bonds. The van der Waals surface area contributed by atoms with Crippen LogP contribution in [0.4, 0.5) is 0 Å². The Morgan fingerprint density at radius 2 is 1.95 bits per heavy atom. The lowest BCUT2D eigenvalue weighted by Crippen LogP contribution is -2.29. The fraction of sp³-hybridized carbons (Fsp3) is 0.357. The first-order chi connectivity index (χ1) is 9.33. The molecule has 0 spiro atoms. The van der Waals surface area contributed by atoms with Crippen molar-refractivity contribution in [2.24, 2.45) is 0 Å². The second-order valence-corrected chi connectivity index (χ2v) is 4.16. The number of nitrogens with zero attached hydrogens (tertiary/aromatic N) is 2. The third kappa shape index (κ3) is 3.89. The van der Waals surface area contributed by atoms with Crippen molar-refractivity contribution in [3.05, 3.63) is 48.3 Å². The Bertz CT molecular complexity index is 480. The normalized spacial score (nSPS) is 11.1. The average molecular weight is 261 g/mol. The first-order valence-corrected chi connectivity index (χ1v) is 6.18. The van der Waals surface area contributed by atoms with E-state index < -0.39 is 0 Å². The minimum absolute atomic E-state index is 0.218. The molecule has 1 heterocycles. The summed E-state index contributed by atoms with van der Waals surface area (Å²) in [5, 5.41) is 7.60. The largest absolute Gasteiger partial charge is 0.355 e. The van der Waals surface area contributed by atoms with E-state index in [1.807, 2.05) is 47.4 Å². The van der Waals surface area contributed by atoms with E-state index in [1.54, 1.807) is 14.2 Å². The van der Waals surface area contributed by atoms with Crippen molar-refractivity contribution < 1.29 is 9.47 Å². The maximum absolute atomic E-state index is 5.11. The van der Waals surface area contributed by atoms with Gasteiger partial charge in [0.25, 0.3) is 0 Å². The van der Waals surface area contributed by atoms with Crippen molar-refractivity contribution in [1.82, 2.24) is 15.1 Å². The monoisotopic (exact) mass is 261 g/mol. The van der Waals surface area contributed by atoms with Crippen LogP contribution >= 0.6 is 0 Å². The van der Waals surface area contributed by atoms with E-state index in [0.717, 1.165) is 17.8 Å². The SMILES string of the molecule is COC(CNCc1cnn(-c2ccccc2)c1)OC. The van der Waals surface area contributed by atoms with Crippen LogP contribution in [0.3, 0.4) is 0 Å². The third-order valence-corrected chi connectivity index (χ3v) is 2.82. The number of benzene rings is 1. The van der Waals surface area contributed by atoms with Gasteiger partial charge in [-0.1, -0.05) is 18.2 Å². The highest BCUT2D eigenvalue weighted by molar-refractivity contribution is 5.30. The Morgan fingerprint density at radius 1 is 1.21 bits per heavy atom. The maximum atomic E-state index is 5.11. The van der Waals surface area contributed by atoms with E-state index >= 15 is 0 Å². The van der Waals surface area contributed by atoms with Gasteiger partial charge < -0.3 is 14.8 Å². The van der Waals surface area contributed by atoms with E-state index in [4.69, 9.17) is 9.47 Å². The van der Waals surface area contributed by atoms with Crippen LogP contribution in [0, 0.1) is 0 Å². The number of hydrogen-bond acceptors (Lipinski definition) is 4. The molecule has 0 unspecified atom stereocenters. The van der Waals surface area contributed by atoms with Crippen LogP contribution in [0.25, 0.3) is 5.69 Å². The van der Waals surface area contributed by atoms with Crippen molar-refractivity contribution in [3.8, 4) is 5.69 Å².